The van der Waals surface area contributed by atoms with Crippen LogP contribution in [0.1, 0.15) is 47.6 Å². The first kappa shape index (κ1) is 20.9. The second kappa shape index (κ2) is 8.43. The quantitative estimate of drug-likeness (QED) is 0.330. The zero-order valence-corrected chi connectivity index (χ0v) is 18.3. The minimum Gasteiger partial charge on any atom is -0.507 e. The molecule has 1 fully saturated rings. The number of thiophene rings is 1. The Morgan fingerprint density at radius 1 is 1.23 bits per heavy atom. The van der Waals surface area contributed by atoms with E-state index in [1.807, 2.05) is 37.4 Å². The SMILES string of the molecule is COc1ccc(/C(O)=C2/C(=O)C(=O)N(Cc3ccco3)C2c2cccs2)cc1C(C)C. The highest BCUT2D eigenvalue weighted by Crippen LogP contribution is 2.42. The van der Waals surface area contributed by atoms with Crippen LogP contribution in [0, 0.1) is 0 Å². The number of hydrogen-bond donors (Lipinski definition) is 1. The topological polar surface area (TPSA) is 80.0 Å². The second-order valence-corrected chi connectivity index (χ2v) is 8.61. The highest BCUT2D eigenvalue weighted by molar-refractivity contribution is 7.10. The van der Waals surface area contributed by atoms with E-state index in [1.165, 1.54) is 22.5 Å². The summed E-state index contributed by atoms with van der Waals surface area (Å²) in [7, 11) is 1.59. The Morgan fingerprint density at radius 2 is 2.03 bits per heavy atom. The summed E-state index contributed by atoms with van der Waals surface area (Å²) >= 11 is 1.43. The van der Waals surface area contributed by atoms with Crippen LogP contribution in [0.2, 0.25) is 0 Å². The molecule has 31 heavy (non-hydrogen) atoms. The van der Waals surface area contributed by atoms with Crippen LogP contribution < -0.4 is 4.74 Å². The summed E-state index contributed by atoms with van der Waals surface area (Å²) in [5.41, 5.74) is 1.46. The number of hydrogen-bond acceptors (Lipinski definition) is 6. The molecule has 0 radical (unpaired) electrons. The van der Waals surface area contributed by atoms with Crippen molar-refractivity contribution in [2.24, 2.45) is 0 Å². The molecule has 3 heterocycles. The summed E-state index contributed by atoms with van der Waals surface area (Å²) < 4.78 is 10.8. The summed E-state index contributed by atoms with van der Waals surface area (Å²) in [6.45, 7) is 4.18. The first-order valence-corrected chi connectivity index (χ1v) is 10.8. The number of rotatable bonds is 6. The zero-order valence-electron chi connectivity index (χ0n) is 17.5. The van der Waals surface area contributed by atoms with Gasteiger partial charge >= 0.3 is 0 Å². The molecule has 4 rings (SSSR count). The fourth-order valence-electron chi connectivity index (χ4n) is 3.84. The van der Waals surface area contributed by atoms with E-state index < -0.39 is 17.7 Å². The van der Waals surface area contributed by atoms with Gasteiger partial charge in [0.15, 0.2) is 0 Å². The monoisotopic (exact) mass is 437 g/mol. The molecule has 160 valence electrons. The molecule has 1 aliphatic heterocycles. The molecule has 3 aromatic rings. The molecule has 1 unspecified atom stereocenters. The minimum atomic E-state index is -0.704. The first-order chi connectivity index (χ1) is 14.9. The van der Waals surface area contributed by atoms with Crippen molar-refractivity contribution in [1.82, 2.24) is 4.90 Å². The van der Waals surface area contributed by atoms with Crippen molar-refractivity contribution in [3.8, 4) is 5.75 Å². The van der Waals surface area contributed by atoms with E-state index in [9.17, 15) is 14.7 Å². The molecule has 1 aliphatic rings. The molecule has 1 amide bonds. The minimum absolute atomic E-state index is 0.0823. The Bertz CT molecular complexity index is 1130. The van der Waals surface area contributed by atoms with E-state index in [4.69, 9.17) is 9.15 Å². The van der Waals surface area contributed by atoms with Crippen LogP contribution in [-0.4, -0.2) is 28.8 Å². The molecule has 1 atom stereocenters. The second-order valence-electron chi connectivity index (χ2n) is 7.63. The largest absolute Gasteiger partial charge is 0.507 e. The van der Waals surface area contributed by atoms with Gasteiger partial charge in [0.25, 0.3) is 11.7 Å². The number of Topliss-reactive ketones (excluding diaryl/α,β-unsaturated/α-hetero) is 1. The highest BCUT2D eigenvalue weighted by Gasteiger charge is 2.46. The van der Waals surface area contributed by atoms with Crippen LogP contribution in [0.3, 0.4) is 0 Å². The number of carbonyl (C=O) groups is 2. The Hall–Kier alpha value is -3.32. The molecule has 1 N–H and O–H groups in total. The predicted octanol–water partition coefficient (Wildman–Crippen LogP) is 5.10. The van der Waals surface area contributed by atoms with Crippen molar-refractivity contribution in [2.75, 3.05) is 7.11 Å². The van der Waals surface area contributed by atoms with E-state index in [0.717, 1.165) is 10.4 Å². The Balaban J connectivity index is 1.85. The van der Waals surface area contributed by atoms with Gasteiger partial charge < -0.3 is 19.2 Å². The molecular weight excluding hydrogens is 414 g/mol. The number of furan rings is 1. The van der Waals surface area contributed by atoms with E-state index in [1.54, 1.807) is 31.4 Å². The lowest BCUT2D eigenvalue weighted by Gasteiger charge is -2.23. The van der Waals surface area contributed by atoms with Gasteiger partial charge in [0.1, 0.15) is 23.3 Å². The van der Waals surface area contributed by atoms with Gasteiger partial charge in [-0.1, -0.05) is 19.9 Å². The van der Waals surface area contributed by atoms with Crippen molar-refractivity contribution in [2.45, 2.75) is 32.4 Å². The Labute approximate surface area is 184 Å². The fraction of sp³-hybridized carbons (Fsp3) is 0.250. The van der Waals surface area contributed by atoms with Crippen LogP contribution in [0.15, 0.2) is 64.1 Å². The maximum absolute atomic E-state index is 13.0. The van der Waals surface area contributed by atoms with Crippen LogP contribution >= 0.6 is 11.3 Å². The lowest BCUT2D eigenvalue weighted by molar-refractivity contribution is -0.140. The molecule has 1 saturated heterocycles. The van der Waals surface area contributed by atoms with Crippen LogP contribution in [0.4, 0.5) is 0 Å². The maximum atomic E-state index is 13.0. The number of amides is 1. The first-order valence-electron chi connectivity index (χ1n) is 9.94. The van der Waals surface area contributed by atoms with Crippen molar-refractivity contribution in [3.05, 3.63) is 81.4 Å². The molecular formula is C24H23NO5S. The van der Waals surface area contributed by atoms with Gasteiger partial charge in [-0.2, -0.15) is 0 Å². The van der Waals surface area contributed by atoms with Gasteiger partial charge in [0.05, 0.1) is 25.5 Å². The van der Waals surface area contributed by atoms with E-state index in [-0.39, 0.29) is 23.8 Å². The summed E-state index contributed by atoms with van der Waals surface area (Å²) in [4.78, 5) is 28.2. The molecule has 6 nitrogen and oxygen atoms in total. The number of carbonyl (C=O) groups excluding carboxylic acids is 2. The summed E-state index contributed by atoms with van der Waals surface area (Å²) in [6, 6.07) is 11.8. The van der Waals surface area contributed by atoms with Crippen LogP contribution in [-0.2, 0) is 16.1 Å². The number of aliphatic hydroxyl groups excluding tert-OH is 1. The molecule has 0 aliphatic carbocycles. The molecule has 7 heteroatoms. The number of aliphatic hydroxyl groups is 1. The fourth-order valence-corrected chi connectivity index (χ4v) is 4.69. The normalized spacial score (nSPS) is 18.2. The number of ketones is 1. The summed E-state index contributed by atoms with van der Waals surface area (Å²) in [6.07, 6.45) is 1.52. The highest BCUT2D eigenvalue weighted by atomic mass is 32.1. The number of nitrogens with zero attached hydrogens (tertiary/aromatic N) is 1. The molecule has 0 bridgehead atoms. The summed E-state index contributed by atoms with van der Waals surface area (Å²) in [5.74, 6) is -0.131. The predicted molar refractivity (Wildman–Crippen MR) is 118 cm³/mol. The van der Waals surface area contributed by atoms with Crippen LogP contribution in [0.5, 0.6) is 5.75 Å². The van der Waals surface area contributed by atoms with Gasteiger partial charge in [-0.15, -0.1) is 11.3 Å². The lowest BCUT2D eigenvalue weighted by Crippen LogP contribution is -2.28. The van der Waals surface area contributed by atoms with Gasteiger partial charge in [0, 0.05) is 10.4 Å². The number of benzene rings is 1. The van der Waals surface area contributed by atoms with Crippen LogP contribution in [0.25, 0.3) is 5.76 Å². The smallest absolute Gasteiger partial charge is 0.296 e. The van der Waals surface area contributed by atoms with E-state index in [2.05, 4.69) is 0 Å². The number of likely N-dealkylation sites (tertiary alicyclic amines) is 1. The standard InChI is InChI=1S/C24H23NO5S/c1-14(2)17-12-15(8-9-18(17)29-3)22(26)20-21(19-7-5-11-31-19)25(24(28)23(20)27)13-16-6-4-10-30-16/h4-12,14,21,26H,13H2,1-3H3/b22-20-. The Kier molecular flexibility index (Phi) is 5.69. The maximum Gasteiger partial charge on any atom is 0.296 e. The van der Waals surface area contributed by atoms with Gasteiger partial charge in [-0.25, -0.2) is 0 Å². The third-order valence-electron chi connectivity index (χ3n) is 5.38. The molecule has 1 aromatic carbocycles. The van der Waals surface area contributed by atoms with Crippen molar-refractivity contribution >= 4 is 28.8 Å². The third kappa shape index (κ3) is 3.77. The Morgan fingerprint density at radius 3 is 2.65 bits per heavy atom. The van der Waals surface area contributed by atoms with Crippen molar-refractivity contribution in [1.29, 1.82) is 0 Å². The molecule has 0 saturated carbocycles. The van der Waals surface area contributed by atoms with E-state index >= 15 is 0 Å². The molecule has 0 spiro atoms. The molecule has 2 aromatic heterocycles. The number of methoxy groups -OCH3 is 1. The average Bonchev–Trinajstić information content (AvgIpc) is 3.52. The van der Waals surface area contributed by atoms with E-state index in [0.29, 0.717) is 17.1 Å². The van der Waals surface area contributed by atoms with Gasteiger partial charge in [0.2, 0.25) is 0 Å². The van der Waals surface area contributed by atoms with Gasteiger partial charge in [-0.05, 0) is 53.3 Å². The third-order valence-corrected chi connectivity index (χ3v) is 6.31. The van der Waals surface area contributed by atoms with Crippen molar-refractivity contribution in [3.63, 3.8) is 0 Å². The number of ether oxygens (including phenoxy) is 1. The van der Waals surface area contributed by atoms with Crippen molar-refractivity contribution < 1.29 is 23.8 Å². The average molecular weight is 438 g/mol. The lowest BCUT2D eigenvalue weighted by atomic mass is 9.95. The zero-order chi connectivity index (χ0) is 22.1. The summed E-state index contributed by atoms with van der Waals surface area (Å²) in [5, 5.41) is 13.1. The van der Waals surface area contributed by atoms with Gasteiger partial charge in [-0.3, -0.25) is 9.59 Å².